The minimum Gasteiger partial charge on any atom is -0.493 e. The number of aryl methyl sites for hydroxylation is 2. The normalized spacial score (nSPS) is 25.2. The van der Waals surface area contributed by atoms with E-state index in [4.69, 9.17) is 4.74 Å². The van der Waals surface area contributed by atoms with Crippen LogP contribution in [0.25, 0.3) is 0 Å². The van der Waals surface area contributed by atoms with E-state index < -0.39 is 0 Å². The van der Waals surface area contributed by atoms with Crippen LogP contribution in [0.15, 0.2) is 12.1 Å². The maximum absolute atomic E-state index is 12.0. The number of rotatable bonds is 1. The van der Waals surface area contributed by atoms with E-state index in [1.807, 2.05) is 6.92 Å². The number of fused-ring (bicyclic) bond motifs is 2. The van der Waals surface area contributed by atoms with Gasteiger partial charge in [0.1, 0.15) is 5.75 Å². The summed E-state index contributed by atoms with van der Waals surface area (Å²) in [5, 5.41) is 3.08. The molecule has 1 aromatic carbocycles. The van der Waals surface area contributed by atoms with Crippen LogP contribution in [0.4, 0.5) is 5.69 Å². The van der Waals surface area contributed by atoms with Gasteiger partial charge < -0.3 is 10.1 Å². The molecule has 3 rings (SSSR count). The van der Waals surface area contributed by atoms with Crippen molar-refractivity contribution in [2.45, 2.75) is 46.5 Å². The second-order valence-electron chi connectivity index (χ2n) is 6.90. The average Bonchev–Trinajstić information content (AvgIpc) is 2.73. The molecule has 0 fully saturated rings. The fourth-order valence-corrected chi connectivity index (χ4v) is 3.23. The molecule has 0 aliphatic carbocycles. The Hall–Kier alpha value is -1.51. The summed E-state index contributed by atoms with van der Waals surface area (Å²) in [6.07, 6.45) is 4.05. The number of carbonyl (C=O) groups is 1. The monoisotopic (exact) mass is 287 g/mol. The number of amides is 1. The average molecular weight is 287 g/mol. The minimum atomic E-state index is 0.0865. The molecular weight excluding hydrogens is 262 g/mol. The molecule has 1 aromatic rings. The van der Waals surface area contributed by atoms with Gasteiger partial charge in [-0.2, -0.15) is 0 Å². The van der Waals surface area contributed by atoms with Crippen LogP contribution >= 0.6 is 0 Å². The molecule has 2 unspecified atom stereocenters. The molecule has 0 bridgehead atoms. The lowest BCUT2D eigenvalue weighted by molar-refractivity contribution is -0.119. The van der Waals surface area contributed by atoms with Crippen molar-refractivity contribution in [3.05, 3.63) is 23.3 Å². The zero-order chi connectivity index (χ0) is 15.0. The highest BCUT2D eigenvalue weighted by atomic mass is 16.5. The predicted molar refractivity (Wildman–Crippen MR) is 84.7 cm³/mol. The molecule has 114 valence electrons. The number of anilines is 1. The summed E-state index contributed by atoms with van der Waals surface area (Å²) in [5.41, 5.74) is 3.45. The van der Waals surface area contributed by atoms with Gasteiger partial charge in [0.2, 0.25) is 5.91 Å². The third kappa shape index (κ3) is 2.92. The van der Waals surface area contributed by atoms with E-state index in [1.165, 1.54) is 11.1 Å². The number of hydrogen-bond acceptors (Lipinski definition) is 2. The molecule has 3 heteroatoms. The fraction of sp³-hybridized carbons (Fsp3) is 0.611. The van der Waals surface area contributed by atoms with Crippen LogP contribution < -0.4 is 10.1 Å². The van der Waals surface area contributed by atoms with Crippen molar-refractivity contribution in [1.82, 2.24) is 0 Å². The Balaban J connectivity index is 1.89. The molecule has 0 spiro atoms. The van der Waals surface area contributed by atoms with Crippen LogP contribution in [0.1, 0.15) is 44.7 Å². The molecule has 0 radical (unpaired) electrons. The van der Waals surface area contributed by atoms with E-state index in [0.29, 0.717) is 11.8 Å². The number of ether oxygens (including phenoxy) is 1. The van der Waals surface area contributed by atoms with E-state index in [9.17, 15) is 4.79 Å². The molecular formula is C18H25NO2. The molecule has 21 heavy (non-hydrogen) atoms. The maximum atomic E-state index is 12.0. The molecule has 1 amide bonds. The number of nitrogens with one attached hydrogen (secondary N) is 1. The summed E-state index contributed by atoms with van der Waals surface area (Å²) in [6.45, 7) is 7.34. The van der Waals surface area contributed by atoms with E-state index in [0.717, 1.165) is 43.7 Å². The molecule has 2 atom stereocenters. The predicted octanol–water partition coefficient (Wildman–Crippen LogP) is 3.80. The van der Waals surface area contributed by atoms with Crippen molar-refractivity contribution < 1.29 is 9.53 Å². The fourth-order valence-electron chi connectivity index (χ4n) is 3.23. The van der Waals surface area contributed by atoms with Gasteiger partial charge in [-0.3, -0.25) is 4.79 Å². The van der Waals surface area contributed by atoms with Gasteiger partial charge >= 0.3 is 0 Å². The Kier molecular flexibility index (Phi) is 3.92. The van der Waals surface area contributed by atoms with Crippen LogP contribution in [0.2, 0.25) is 0 Å². The lowest BCUT2D eigenvalue weighted by Gasteiger charge is -2.17. The van der Waals surface area contributed by atoms with Crippen molar-refractivity contribution in [3.63, 3.8) is 0 Å². The number of hydrogen-bond donors (Lipinski definition) is 1. The summed E-state index contributed by atoms with van der Waals surface area (Å²) < 4.78 is 6.07. The van der Waals surface area contributed by atoms with Crippen LogP contribution in [-0.4, -0.2) is 12.5 Å². The highest BCUT2D eigenvalue weighted by Gasteiger charge is 2.24. The Morgan fingerprint density at radius 2 is 1.95 bits per heavy atom. The molecule has 0 saturated heterocycles. The van der Waals surface area contributed by atoms with Gasteiger partial charge in [-0.15, -0.1) is 0 Å². The Morgan fingerprint density at radius 1 is 1.19 bits per heavy atom. The highest BCUT2D eigenvalue weighted by Crippen LogP contribution is 2.35. The second kappa shape index (κ2) is 5.70. The molecule has 0 aromatic heterocycles. The largest absolute Gasteiger partial charge is 0.493 e. The van der Waals surface area contributed by atoms with Gasteiger partial charge in [0.15, 0.2) is 0 Å². The van der Waals surface area contributed by atoms with Gasteiger partial charge in [-0.1, -0.05) is 20.8 Å². The van der Waals surface area contributed by atoms with Crippen molar-refractivity contribution in [2.75, 3.05) is 11.9 Å². The maximum Gasteiger partial charge on any atom is 0.227 e. The first-order chi connectivity index (χ1) is 10.0. The summed E-state index contributed by atoms with van der Waals surface area (Å²) in [7, 11) is 0. The number of carbonyl (C=O) groups excluding carboxylic acids is 1. The van der Waals surface area contributed by atoms with Crippen LogP contribution in [0.5, 0.6) is 5.75 Å². The Morgan fingerprint density at radius 3 is 2.71 bits per heavy atom. The van der Waals surface area contributed by atoms with E-state index in [1.54, 1.807) is 0 Å². The van der Waals surface area contributed by atoms with Gasteiger partial charge in [0, 0.05) is 11.6 Å². The SMILES string of the molecule is CC1CCc2cc3c(cc2NC1=O)CCC(C(C)C)CO3. The standard InChI is InChI=1S/C18H25NO2/c1-11(2)15-7-6-14-8-16-13(9-17(14)21-10-15)5-4-12(3)18(20)19-16/h8-9,11-12,15H,4-7,10H2,1-3H3,(H,19,20). The lowest BCUT2D eigenvalue weighted by atomic mass is 9.91. The van der Waals surface area contributed by atoms with Crippen molar-refractivity contribution >= 4 is 11.6 Å². The first kappa shape index (κ1) is 14.4. The summed E-state index contributed by atoms with van der Waals surface area (Å²) in [6, 6.07) is 4.30. The zero-order valence-electron chi connectivity index (χ0n) is 13.2. The molecule has 3 nitrogen and oxygen atoms in total. The molecule has 2 heterocycles. The van der Waals surface area contributed by atoms with Gasteiger partial charge in [-0.05, 0) is 60.8 Å². The van der Waals surface area contributed by atoms with Crippen molar-refractivity contribution in [1.29, 1.82) is 0 Å². The van der Waals surface area contributed by atoms with E-state index in [2.05, 4.69) is 31.3 Å². The third-order valence-electron chi connectivity index (χ3n) is 5.02. The van der Waals surface area contributed by atoms with Crippen LogP contribution in [0, 0.1) is 17.8 Å². The smallest absolute Gasteiger partial charge is 0.227 e. The minimum absolute atomic E-state index is 0.0865. The first-order valence-corrected chi connectivity index (χ1v) is 8.14. The topological polar surface area (TPSA) is 38.3 Å². The summed E-state index contributed by atoms with van der Waals surface area (Å²) in [5.74, 6) is 2.52. The van der Waals surface area contributed by atoms with Crippen molar-refractivity contribution in [2.24, 2.45) is 17.8 Å². The highest BCUT2D eigenvalue weighted by molar-refractivity contribution is 5.94. The molecule has 2 aliphatic rings. The van der Waals surface area contributed by atoms with Gasteiger partial charge in [-0.25, -0.2) is 0 Å². The van der Waals surface area contributed by atoms with E-state index in [-0.39, 0.29) is 11.8 Å². The van der Waals surface area contributed by atoms with Crippen molar-refractivity contribution in [3.8, 4) is 5.75 Å². The zero-order valence-corrected chi connectivity index (χ0v) is 13.2. The van der Waals surface area contributed by atoms with Crippen LogP contribution in [0.3, 0.4) is 0 Å². The molecule has 1 N–H and O–H groups in total. The number of benzene rings is 1. The third-order valence-corrected chi connectivity index (χ3v) is 5.02. The van der Waals surface area contributed by atoms with E-state index >= 15 is 0 Å². The van der Waals surface area contributed by atoms with Gasteiger partial charge in [0.05, 0.1) is 6.61 Å². The molecule has 2 aliphatic heterocycles. The first-order valence-electron chi connectivity index (χ1n) is 8.14. The summed E-state index contributed by atoms with van der Waals surface area (Å²) in [4.78, 5) is 12.0. The Labute approximate surface area is 127 Å². The van der Waals surface area contributed by atoms with Crippen LogP contribution in [-0.2, 0) is 17.6 Å². The summed E-state index contributed by atoms with van der Waals surface area (Å²) >= 11 is 0. The lowest BCUT2D eigenvalue weighted by Crippen LogP contribution is -2.18. The molecule has 0 saturated carbocycles. The Bertz CT molecular complexity index is 550. The van der Waals surface area contributed by atoms with Gasteiger partial charge in [0.25, 0.3) is 0 Å². The quantitative estimate of drug-likeness (QED) is 0.853. The second-order valence-corrected chi connectivity index (χ2v) is 6.90.